The molecule has 8 nitrogen and oxygen atoms in total. The molecule has 3 aromatic rings. The SMILES string of the molecule is CCOC(=O)Nc1ccc2c(CN(C)Cc3ccc(OC)c(OC(F)F)c3)cc(=O)oc2c1. The number of nitrogens with one attached hydrogen (secondary N) is 1. The van der Waals surface area contributed by atoms with Crippen molar-refractivity contribution in [2.24, 2.45) is 0 Å². The molecule has 0 saturated carbocycles. The molecule has 0 aliphatic rings. The highest BCUT2D eigenvalue weighted by molar-refractivity contribution is 5.89. The molecule has 0 aliphatic heterocycles. The lowest BCUT2D eigenvalue weighted by atomic mass is 10.1. The summed E-state index contributed by atoms with van der Waals surface area (Å²) >= 11 is 0. The molecule has 0 bridgehead atoms. The lowest BCUT2D eigenvalue weighted by Crippen LogP contribution is -2.19. The summed E-state index contributed by atoms with van der Waals surface area (Å²) in [6.07, 6.45) is -0.607. The predicted molar refractivity (Wildman–Crippen MR) is 118 cm³/mol. The number of anilines is 1. The summed E-state index contributed by atoms with van der Waals surface area (Å²) in [4.78, 5) is 25.6. The Labute approximate surface area is 188 Å². The molecule has 1 heterocycles. The Kier molecular flexibility index (Phi) is 7.83. The van der Waals surface area contributed by atoms with Gasteiger partial charge in [-0.3, -0.25) is 10.2 Å². The van der Waals surface area contributed by atoms with Gasteiger partial charge >= 0.3 is 18.3 Å². The fraction of sp³-hybridized carbons (Fsp3) is 0.304. The molecule has 1 N–H and O–H groups in total. The van der Waals surface area contributed by atoms with Crippen LogP contribution >= 0.6 is 0 Å². The maximum absolute atomic E-state index is 12.7. The molecule has 0 atom stereocenters. The first-order valence-corrected chi connectivity index (χ1v) is 10.1. The van der Waals surface area contributed by atoms with Crippen LogP contribution in [0.3, 0.4) is 0 Å². The summed E-state index contributed by atoms with van der Waals surface area (Å²) in [5, 5.41) is 3.27. The molecule has 2 aromatic carbocycles. The van der Waals surface area contributed by atoms with Crippen molar-refractivity contribution in [3.05, 3.63) is 64.0 Å². The van der Waals surface area contributed by atoms with E-state index in [9.17, 15) is 18.4 Å². The monoisotopic (exact) mass is 462 g/mol. The zero-order valence-corrected chi connectivity index (χ0v) is 18.4. The Bertz CT molecular complexity index is 1180. The zero-order valence-electron chi connectivity index (χ0n) is 18.4. The molecule has 1 amide bonds. The van der Waals surface area contributed by atoms with Gasteiger partial charge in [0, 0.05) is 36.3 Å². The van der Waals surface area contributed by atoms with Crippen molar-refractivity contribution in [2.45, 2.75) is 26.6 Å². The molecular formula is C23H24F2N2O6. The van der Waals surface area contributed by atoms with Crippen LogP contribution in [0.2, 0.25) is 0 Å². The number of benzene rings is 2. The number of ether oxygens (including phenoxy) is 3. The minimum atomic E-state index is -2.97. The van der Waals surface area contributed by atoms with Crippen LogP contribution in [-0.2, 0) is 17.8 Å². The molecule has 0 spiro atoms. The number of methoxy groups -OCH3 is 1. The van der Waals surface area contributed by atoms with Gasteiger partial charge in [-0.2, -0.15) is 8.78 Å². The van der Waals surface area contributed by atoms with Gasteiger partial charge in [0.1, 0.15) is 5.58 Å². The van der Waals surface area contributed by atoms with Crippen LogP contribution in [0.1, 0.15) is 18.1 Å². The number of amides is 1. The summed E-state index contributed by atoms with van der Waals surface area (Å²) in [5.41, 5.74) is 1.65. The van der Waals surface area contributed by atoms with Crippen LogP contribution in [0.15, 0.2) is 51.7 Å². The van der Waals surface area contributed by atoms with E-state index in [-0.39, 0.29) is 18.1 Å². The van der Waals surface area contributed by atoms with E-state index in [2.05, 4.69) is 10.1 Å². The highest BCUT2D eigenvalue weighted by Crippen LogP contribution is 2.30. The van der Waals surface area contributed by atoms with Gasteiger partial charge in [0.05, 0.1) is 13.7 Å². The van der Waals surface area contributed by atoms with E-state index < -0.39 is 18.3 Å². The predicted octanol–water partition coefficient (Wildman–Crippen LogP) is 4.60. The van der Waals surface area contributed by atoms with Gasteiger partial charge < -0.3 is 18.6 Å². The van der Waals surface area contributed by atoms with E-state index in [1.807, 2.05) is 11.9 Å². The summed E-state index contributed by atoms with van der Waals surface area (Å²) in [7, 11) is 3.20. The average molecular weight is 462 g/mol. The van der Waals surface area contributed by atoms with Gasteiger partial charge in [0.25, 0.3) is 0 Å². The highest BCUT2D eigenvalue weighted by atomic mass is 19.3. The first-order chi connectivity index (χ1) is 15.8. The molecule has 0 radical (unpaired) electrons. The quantitative estimate of drug-likeness (QED) is 0.465. The molecule has 0 saturated heterocycles. The largest absolute Gasteiger partial charge is 0.493 e. The number of halogens is 2. The van der Waals surface area contributed by atoms with Gasteiger partial charge in [0.2, 0.25) is 0 Å². The van der Waals surface area contributed by atoms with Gasteiger partial charge in [-0.1, -0.05) is 6.07 Å². The second-order valence-corrected chi connectivity index (χ2v) is 7.18. The van der Waals surface area contributed by atoms with Crippen molar-refractivity contribution in [3.63, 3.8) is 0 Å². The van der Waals surface area contributed by atoms with Crippen LogP contribution in [0.25, 0.3) is 11.0 Å². The number of fused-ring (bicyclic) bond motifs is 1. The smallest absolute Gasteiger partial charge is 0.411 e. The fourth-order valence-corrected chi connectivity index (χ4v) is 3.39. The standard InChI is InChI=1S/C23H24F2N2O6/c1-4-31-23(29)26-16-6-7-17-15(10-21(28)32-19(17)11-16)13-27(2)12-14-5-8-18(30-3)20(9-14)33-22(24)25/h5-11,22H,4,12-13H2,1-3H3,(H,26,29). The van der Waals surface area contributed by atoms with E-state index in [4.69, 9.17) is 13.9 Å². The van der Waals surface area contributed by atoms with E-state index >= 15 is 0 Å². The molecule has 33 heavy (non-hydrogen) atoms. The number of carbonyl (C=O) groups excluding carboxylic acids is 1. The molecule has 3 rings (SSSR count). The molecule has 176 valence electrons. The molecule has 1 aromatic heterocycles. The molecule has 0 fully saturated rings. The second kappa shape index (κ2) is 10.8. The van der Waals surface area contributed by atoms with Crippen molar-refractivity contribution >= 4 is 22.7 Å². The Morgan fingerprint density at radius 2 is 1.91 bits per heavy atom. The van der Waals surface area contributed by atoms with Crippen molar-refractivity contribution in [1.82, 2.24) is 4.90 Å². The maximum atomic E-state index is 12.7. The number of alkyl halides is 2. The third kappa shape index (κ3) is 6.42. The normalized spacial score (nSPS) is 11.1. The molecule has 0 aliphatic carbocycles. The van der Waals surface area contributed by atoms with Crippen LogP contribution in [0.4, 0.5) is 19.3 Å². The van der Waals surface area contributed by atoms with E-state index in [1.54, 1.807) is 37.3 Å². The lowest BCUT2D eigenvalue weighted by molar-refractivity contribution is -0.0512. The first kappa shape index (κ1) is 24.0. The van der Waals surface area contributed by atoms with Gasteiger partial charge in [0.15, 0.2) is 11.5 Å². The second-order valence-electron chi connectivity index (χ2n) is 7.18. The maximum Gasteiger partial charge on any atom is 0.411 e. The average Bonchev–Trinajstić information content (AvgIpc) is 2.73. The fourth-order valence-electron chi connectivity index (χ4n) is 3.39. The Balaban J connectivity index is 1.80. The number of hydrogen-bond acceptors (Lipinski definition) is 7. The zero-order chi connectivity index (χ0) is 24.0. The summed E-state index contributed by atoms with van der Waals surface area (Å²) in [5.74, 6) is 0.159. The third-order valence-corrected chi connectivity index (χ3v) is 4.69. The highest BCUT2D eigenvalue weighted by Gasteiger charge is 2.14. The van der Waals surface area contributed by atoms with Gasteiger partial charge in [-0.15, -0.1) is 0 Å². The minimum absolute atomic E-state index is 0.0502. The van der Waals surface area contributed by atoms with Crippen LogP contribution in [-0.4, -0.2) is 38.4 Å². The summed E-state index contributed by atoms with van der Waals surface area (Å²) < 4.78 is 45.1. The van der Waals surface area contributed by atoms with Crippen LogP contribution < -0.4 is 20.4 Å². The molecular weight excluding hydrogens is 438 g/mol. The van der Waals surface area contributed by atoms with E-state index in [1.165, 1.54) is 19.2 Å². The Morgan fingerprint density at radius 1 is 1.12 bits per heavy atom. The lowest BCUT2D eigenvalue weighted by Gasteiger charge is -2.19. The van der Waals surface area contributed by atoms with Crippen LogP contribution in [0.5, 0.6) is 11.5 Å². The van der Waals surface area contributed by atoms with E-state index in [0.717, 1.165) is 5.56 Å². The number of carbonyl (C=O) groups is 1. The Hall–Kier alpha value is -3.66. The van der Waals surface area contributed by atoms with Crippen molar-refractivity contribution in [1.29, 1.82) is 0 Å². The van der Waals surface area contributed by atoms with Crippen LogP contribution in [0, 0.1) is 0 Å². The van der Waals surface area contributed by atoms with Gasteiger partial charge in [-0.05, 0) is 49.4 Å². The van der Waals surface area contributed by atoms with Gasteiger partial charge in [-0.25, -0.2) is 9.59 Å². The summed E-state index contributed by atoms with van der Waals surface area (Å²) in [6.45, 7) is -0.266. The number of rotatable bonds is 9. The minimum Gasteiger partial charge on any atom is -0.493 e. The molecule has 0 unspecified atom stereocenters. The van der Waals surface area contributed by atoms with E-state index in [0.29, 0.717) is 35.3 Å². The summed E-state index contributed by atoms with van der Waals surface area (Å²) in [6, 6.07) is 11.2. The topological polar surface area (TPSA) is 90.2 Å². The molecule has 10 heteroatoms. The number of hydrogen-bond donors (Lipinski definition) is 1. The third-order valence-electron chi connectivity index (χ3n) is 4.69. The first-order valence-electron chi connectivity index (χ1n) is 10.1. The van der Waals surface area contributed by atoms with Crippen molar-refractivity contribution in [3.8, 4) is 11.5 Å². The number of nitrogens with zero attached hydrogens (tertiary/aromatic N) is 1. The Morgan fingerprint density at radius 3 is 2.61 bits per heavy atom. The van der Waals surface area contributed by atoms with Crippen molar-refractivity contribution < 1.29 is 32.2 Å². The van der Waals surface area contributed by atoms with Crippen molar-refractivity contribution in [2.75, 3.05) is 26.1 Å².